The van der Waals surface area contributed by atoms with Crippen molar-refractivity contribution in [1.29, 1.82) is 0 Å². The van der Waals surface area contributed by atoms with E-state index in [4.69, 9.17) is 9.47 Å². The standard InChI is InChI=1S/C7H13NO2/c1-2-5-9-7-8-4-3-6-10-7/h2-6H2,1H3. The molecule has 3 nitrogen and oxygen atoms in total. The summed E-state index contributed by atoms with van der Waals surface area (Å²) in [4.78, 5) is 4.04. The molecule has 0 aromatic rings. The molecule has 0 saturated carbocycles. The van der Waals surface area contributed by atoms with E-state index in [0.717, 1.165) is 26.0 Å². The number of nitrogens with zero attached hydrogens (tertiary/aromatic N) is 1. The van der Waals surface area contributed by atoms with E-state index in [1.807, 2.05) is 0 Å². The Hall–Kier alpha value is -0.730. The maximum atomic E-state index is 5.16. The van der Waals surface area contributed by atoms with Gasteiger partial charge in [-0.15, -0.1) is 0 Å². The average Bonchev–Trinajstić information content (AvgIpc) is 2.03. The molecule has 0 saturated heterocycles. The minimum absolute atomic E-state index is 0.480. The van der Waals surface area contributed by atoms with Crippen LogP contribution in [0.4, 0.5) is 0 Å². The van der Waals surface area contributed by atoms with Crippen molar-refractivity contribution < 1.29 is 9.47 Å². The van der Waals surface area contributed by atoms with Crippen LogP contribution >= 0.6 is 0 Å². The first-order valence-electron chi connectivity index (χ1n) is 3.73. The van der Waals surface area contributed by atoms with E-state index in [9.17, 15) is 0 Å². The molecule has 1 heterocycles. The van der Waals surface area contributed by atoms with E-state index in [-0.39, 0.29) is 0 Å². The molecule has 58 valence electrons. The normalized spacial score (nSPS) is 17.5. The van der Waals surface area contributed by atoms with Gasteiger partial charge in [-0.25, -0.2) is 4.99 Å². The van der Waals surface area contributed by atoms with Crippen LogP contribution in [0.5, 0.6) is 0 Å². The van der Waals surface area contributed by atoms with Gasteiger partial charge in [-0.05, 0) is 6.42 Å². The molecule has 0 bridgehead atoms. The van der Waals surface area contributed by atoms with E-state index in [2.05, 4.69) is 11.9 Å². The second kappa shape index (κ2) is 4.14. The minimum Gasteiger partial charge on any atom is -0.451 e. The highest BCUT2D eigenvalue weighted by Crippen LogP contribution is 1.97. The number of ether oxygens (including phenoxy) is 2. The zero-order chi connectivity index (χ0) is 7.23. The van der Waals surface area contributed by atoms with Crippen molar-refractivity contribution in [3.63, 3.8) is 0 Å². The molecule has 0 unspecified atom stereocenters. The summed E-state index contributed by atoms with van der Waals surface area (Å²) >= 11 is 0. The molecule has 0 radical (unpaired) electrons. The van der Waals surface area contributed by atoms with E-state index < -0.39 is 0 Å². The van der Waals surface area contributed by atoms with Gasteiger partial charge in [-0.3, -0.25) is 0 Å². The first-order chi connectivity index (χ1) is 4.93. The van der Waals surface area contributed by atoms with Crippen LogP contribution in [0.25, 0.3) is 0 Å². The summed E-state index contributed by atoms with van der Waals surface area (Å²) in [6.07, 6.45) is 2.49. The van der Waals surface area contributed by atoms with Crippen molar-refractivity contribution in [3.8, 4) is 0 Å². The summed E-state index contributed by atoms with van der Waals surface area (Å²) in [5.74, 6) is 0. The molecule has 0 spiro atoms. The molecule has 0 N–H and O–H groups in total. The summed E-state index contributed by atoms with van der Waals surface area (Å²) in [6, 6.07) is 0. The van der Waals surface area contributed by atoms with Crippen LogP contribution in [-0.4, -0.2) is 25.8 Å². The van der Waals surface area contributed by atoms with Crippen LogP contribution in [0.2, 0.25) is 0 Å². The van der Waals surface area contributed by atoms with Gasteiger partial charge in [0.2, 0.25) is 0 Å². The summed E-state index contributed by atoms with van der Waals surface area (Å²) < 4.78 is 10.3. The van der Waals surface area contributed by atoms with Crippen molar-refractivity contribution in [2.75, 3.05) is 19.8 Å². The number of hydrogen-bond donors (Lipinski definition) is 0. The first-order valence-corrected chi connectivity index (χ1v) is 3.73. The highest BCUT2D eigenvalue weighted by atomic mass is 16.7. The zero-order valence-corrected chi connectivity index (χ0v) is 6.30. The predicted molar refractivity (Wildman–Crippen MR) is 39.1 cm³/mol. The lowest BCUT2D eigenvalue weighted by atomic mass is 10.4. The second-order valence-corrected chi connectivity index (χ2v) is 2.20. The van der Waals surface area contributed by atoms with Crippen LogP contribution in [-0.2, 0) is 9.47 Å². The molecule has 10 heavy (non-hydrogen) atoms. The molecule has 0 amide bonds. The molecular weight excluding hydrogens is 130 g/mol. The smallest absolute Gasteiger partial charge is 0.383 e. The number of rotatable bonds is 2. The first kappa shape index (κ1) is 7.38. The molecule has 0 aliphatic carbocycles. The van der Waals surface area contributed by atoms with Gasteiger partial charge in [0.25, 0.3) is 0 Å². The third-order valence-corrected chi connectivity index (χ3v) is 1.20. The van der Waals surface area contributed by atoms with Crippen molar-refractivity contribution in [2.45, 2.75) is 19.8 Å². The van der Waals surface area contributed by atoms with Crippen molar-refractivity contribution in [1.82, 2.24) is 0 Å². The second-order valence-electron chi connectivity index (χ2n) is 2.20. The molecule has 3 heteroatoms. The highest BCUT2D eigenvalue weighted by molar-refractivity contribution is 5.67. The fourth-order valence-electron chi connectivity index (χ4n) is 0.717. The fourth-order valence-corrected chi connectivity index (χ4v) is 0.717. The van der Waals surface area contributed by atoms with Gasteiger partial charge in [-0.1, -0.05) is 6.92 Å². The Labute approximate surface area is 61.0 Å². The van der Waals surface area contributed by atoms with Gasteiger partial charge in [-0.2, -0.15) is 0 Å². The van der Waals surface area contributed by atoms with E-state index in [1.165, 1.54) is 0 Å². The molecule has 0 aromatic carbocycles. The third-order valence-electron chi connectivity index (χ3n) is 1.20. The van der Waals surface area contributed by atoms with Gasteiger partial charge < -0.3 is 9.47 Å². The van der Waals surface area contributed by atoms with Crippen LogP contribution in [0, 0.1) is 0 Å². The number of hydrogen-bond acceptors (Lipinski definition) is 3. The Morgan fingerprint density at radius 2 is 2.60 bits per heavy atom. The predicted octanol–water partition coefficient (Wildman–Crippen LogP) is 1.19. The average molecular weight is 143 g/mol. The van der Waals surface area contributed by atoms with Crippen LogP contribution in [0.1, 0.15) is 19.8 Å². The van der Waals surface area contributed by atoms with Crippen molar-refractivity contribution in [2.24, 2.45) is 4.99 Å². The quantitative estimate of drug-likeness (QED) is 0.581. The Morgan fingerprint density at radius 1 is 1.70 bits per heavy atom. The van der Waals surface area contributed by atoms with Crippen molar-refractivity contribution in [3.05, 3.63) is 0 Å². The van der Waals surface area contributed by atoms with Gasteiger partial charge in [0.15, 0.2) is 0 Å². The zero-order valence-electron chi connectivity index (χ0n) is 6.30. The molecule has 1 aliphatic heterocycles. The van der Waals surface area contributed by atoms with Crippen LogP contribution < -0.4 is 0 Å². The van der Waals surface area contributed by atoms with Crippen molar-refractivity contribution >= 4 is 6.08 Å². The SMILES string of the molecule is CCCOC1=NCCCO1. The van der Waals surface area contributed by atoms with Crippen LogP contribution in [0.3, 0.4) is 0 Å². The molecule has 1 aliphatic rings. The molecular formula is C7H13NO2. The maximum Gasteiger partial charge on any atom is 0.383 e. The monoisotopic (exact) mass is 143 g/mol. The summed E-state index contributed by atoms with van der Waals surface area (Å²) in [6.45, 7) is 4.36. The van der Waals surface area contributed by atoms with Gasteiger partial charge in [0.05, 0.1) is 13.2 Å². The fraction of sp³-hybridized carbons (Fsp3) is 0.857. The summed E-state index contributed by atoms with van der Waals surface area (Å²) in [5.41, 5.74) is 0. The Bertz CT molecular complexity index is 123. The van der Waals surface area contributed by atoms with Crippen LogP contribution in [0.15, 0.2) is 4.99 Å². The lowest BCUT2D eigenvalue weighted by molar-refractivity contribution is 0.152. The largest absolute Gasteiger partial charge is 0.451 e. The van der Waals surface area contributed by atoms with Gasteiger partial charge in [0, 0.05) is 13.0 Å². The van der Waals surface area contributed by atoms with Gasteiger partial charge >= 0.3 is 6.08 Å². The summed E-state index contributed by atoms with van der Waals surface area (Å²) in [5, 5.41) is 0. The lowest BCUT2D eigenvalue weighted by Gasteiger charge is -2.12. The Kier molecular flexibility index (Phi) is 3.06. The molecule has 0 fully saturated rings. The maximum absolute atomic E-state index is 5.16. The Balaban J connectivity index is 2.18. The minimum atomic E-state index is 0.480. The molecule has 0 atom stereocenters. The highest BCUT2D eigenvalue weighted by Gasteiger charge is 2.05. The molecule has 1 rings (SSSR count). The van der Waals surface area contributed by atoms with E-state index >= 15 is 0 Å². The molecule has 0 aromatic heterocycles. The summed E-state index contributed by atoms with van der Waals surface area (Å²) in [7, 11) is 0. The van der Waals surface area contributed by atoms with E-state index in [0.29, 0.717) is 12.7 Å². The Morgan fingerprint density at radius 3 is 3.20 bits per heavy atom. The number of aliphatic imine (C=N–C) groups is 1. The van der Waals surface area contributed by atoms with Gasteiger partial charge in [0.1, 0.15) is 0 Å². The topological polar surface area (TPSA) is 30.8 Å². The third kappa shape index (κ3) is 2.25. The van der Waals surface area contributed by atoms with E-state index in [1.54, 1.807) is 0 Å². The lowest BCUT2D eigenvalue weighted by Crippen LogP contribution is -2.16.